The molecule has 10 nitrogen and oxygen atoms in total. The van der Waals surface area contributed by atoms with Gasteiger partial charge >= 0.3 is 12.2 Å². The largest absolute Gasteiger partial charge is 0.494 e. The lowest BCUT2D eigenvalue weighted by Crippen LogP contribution is -2.54. The molecule has 0 radical (unpaired) electrons. The smallest absolute Gasteiger partial charge is 0.437 e. The van der Waals surface area contributed by atoms with Crippen molar-refractivity contribution in [1.29, 1.82) is 0 Å². The Morgan fingerprint density at radius 1 is 1.27 bits per heavy atom. The Balaban J connectivity index is 1.49. The van der Waals surface area contributed by atoms with Gasteiger partial charge < -0.3 is 20.3 Å². The van der Waals surface area contributed by atoms with Gasteiger partial charge in [0.2, 0.25) is 0 Å². The van der Waals surface area contributed by atoms with E-state index in [4.69, 9.17) is 10.5 Å². The molecule has 1 saturated heterocycles. The van der Waals surface area contributed by atoms with Gasteiger partial charge in [-0.25, -0.2) is 14.8 Å². The van der Waals surface area contributed by atoms with Gasteiger partial charge in [0.25, 0.3) is 0 Å². The number of alkyl halides is 3. The summed E-state index contributed by atoms with van der Waals surface area (Å²) in [5.74, 6) is -0.261. The van der Waals surface area contributed by atoms with Gasteiger partial charge in [0.1, 0.15) is 17.4 Å². The second kappa shape index (κ2) is 8.30. The zero-order chi connectivity index (χ0) is 23.9. The first-order valence-electron chi connectivity index (χ1n) is 10.1. The number of methoxy groups -OCH3 is 1. The quantitative estimate of drug-likeness (QED) is 0.613. The lowest BCUT2D eigenvalue weighted by molar-refractivity contribution is -0.142. The van der Waals surface area contributed by atoms with Crippen LogP contribution >= 0.6 is 0 Å². The number of fused-ring (bicyclic) bond motifs is 1. The number of aromatic nitrogens is 4. The van der Waals surface area contributed by atoms with Gasteiger partial charge in [-0.15, -0.1) is 0 Å². The van der Waals surface area contributed by atoms with Crippen LogP contribution in [-0.2, 0) is 13.2 Å². The number of halogens is 3. The maximum absolute atomic E-state index is 13.2. The number of nitrogen functional groups attached to an aromatic ring is 1. The van der Waals surface area contributed by atoms with Crippen LogP contribution in [0.15, 0.2) is 24.4 Å². The summed E-state index contributed by atoms with van der Waals surface area (Å²) in [5, 5.41) is 7.54. The summed E-state index contributed by atoms with van der Waals surface area (Å²) in [6.45, 7) is 3.14. The van der Waals surface area contributed by atoms with Crippen molar-refractivity contribution in [2.75, 3.05) is 42.7 Å². The molecule has 3 aromatic rings. The number of pyridine rings is 2. The first-order chi connectivity index (χ1) is 15.6. The molecule has 4 heterocycles. The van der Waals surface area contributed by atoms with Crippen LogP contribution < -0.4 is 20.7 Å². The molecule has 2 amide bonds. The van der Waals surface area contributed by atoms with Gasteiger partial charge in [-0.3, -0.25) is 10.00 Å². The number of hydrogen-bond donors (Lipinski definition) is 2. The van der Waals surface area contributed by atoms with Crippen molar-refractivity contribution in [3.8, 4) is 5.75 Å². The second-order valence-electron chi connectivity index (χ2n) is 7.74. The molecule has 176 valence electrons. The van der Waals surface area contributed by atoms with Crippen molar-refractivity contribution >= 4 is 34.4 Å². The fourth-order valence-corrected chi connectivity index (χ4v) is 3.93. The molecule has 4 rings (SSSR count). The summed E-state index contributed by atoms with van der Waals surface area (Å²) in [7, 11) is 2.91. The fourth-order valence-electron chi connectivity index (χ4n) is 3.93. The van der Waals surface area contributed by atoms with E-state index in [1.807, 2.05) is 6.92 Å². The van der Waals surface area contributed by atoms with E-state index in [0.717, 1.165) is 24.2 Å². The third kappa shape index (κ3) is 4.30. The van der Waals surface area contributed by atoms with Crippen LogP contribution in [0, 0.1) is 0 Å². The van der Waals surface area contributed by atoms with Crippen molar-refractivity contribution in [2.24, 2.45) is 7.05 Å². The normalized spacial score (nSPS) is 16.8. The van der Waals surface area contributed by atoms with Crippen molar-refractivity contribution in [3.05, 3.63) is 30.1 Å². The lowest BCUT2D eigenvalue weighted by atomic mass is 10.1. The number of nitrogens with two attached hydrogens (primary N) is 1. The zero-order valence-electron chi connectivity index (χ0n) is 18.2. The minimum Gasteiger partial charge on any atom is -0.494 e. The van der Waals surface area contributed by atoms with E-state index in [1.54, 1.807) is 24.0 Å². The van der Waals surface area contributed by atoms with Gasteiger partial charge in [-0.2, -0.15) is 18.3 Å². The van der Waals surface area contributed by atoms with Gasteiger partial charge in [0.05, 0.1) is 24.4 Å². The van der Waals surface area contributed by atoms with Crippen LogP contribution in [0.2, 0.25) is 0 Å². The van der Waals surface area contributed by atoms with Gasteiger partial charge in [-0.1, -0.05) is 0 Å². The number of nitrogens with one attached hydrogen (secondary N) is 1. The molecular weight excluding hydrogens is 441 g/mol. The first-order valence-corrected chi connectivity index (χ1v) is 10.1. The maximum Gasteiger partial charge on any atom is 0.437 e. The molecule has 0 saturated carbocycles. The Hall–Kier alpha value is -3.77. The maximum atomic E-state index is 13.2. The first kappa shape index (κ1) is 22.4. The van der Waals surface area contributed by atoms with E-state index in [9.17, 15) is 18.0 Å². The van der Waals surface area contributed by atoms with Crippen molar-refractivity contribution in [2.45, 2.75) is 19.1 Å². The molecule has 33 heavy (non-hydrogen) atoms. The summed E-state index contributed by atoms with van der Waals surface area (Å²) in [6.07, 6.45) is -2.99. The molecule has 0 bridgehead atoms. The van der Waals surface area contributed by atoms with E-state index in [2.05, 4.69) is 25.3 Å². The van der Waals surface area contributed by atoms with Crippen LogP contribution in [0.4, 0.5) is 35.3 Å². The van der Waals surface area contributed by atoms with Crippen molar-refractivity contribution in [3.63, 3.8) is 0 Å². The fraction of sp³-hybridized carbons (Fsp3) is 0.400. The van der Waals surface area contributed by atoms with Crippen LogP contribution in [0.5, 0.6) is 5.75 Å². The van der Waals surface area contributed by atoms with Crippen molar-refractivity contribution < 1.29 is 22.7 Å². The molecule has 3 aromatic heterocycles. The van der Waals surface area contributed by atoms with E-state index in [-0.39, 0.29) is 11.9 Å². The number of anilines is 3. The number of hydrogen-bond acceptors (Lipinski definition) is 7. The molecule has 1 aliphatic heterocycles. The second-order valence-corrected chi connectivity index (χ2v) is 7.74. The minimum absolute atomic E-state index is 0.0933. The summed E-state index contributed by atoms with van der Waals surface area (Å²) >= 11 is 0. The summed E-state index contributed by atoms with van der Waals surface area (Å²) in [5.41, 5.74) is 6.30. The summed E-state index contributed by atoms with van der Waals surface area (Å²) in [4.78, 5) is 24.2. The average molecular weight is 464 g/mol. The van der Waals surface area contributed by atoms with Crippen LogP contribution in [0.3, 0.4) is 0 Å². The van der Waals surface area contributed by atoms with Gasteiger partial charge in [-0.05, 0) is 19.1 Å². The SMILES string of the molecule is COc1ccc(NC(=O)N2CCN(c3cc(N)nc4c3cnn4C)[C@@H](C)C2)nc1C(F)(F)F. The molecular formula is C20H23F3N8O2. The lowest BCUT2D eigenvalue weighted by Gasteiger charge is -2.41. The Morgan fingerprint density at radius 2 is 2.03 bits per heavy atom. The molecule has 0 unspecified atom stereocenters. The van der Waals surface area contributed by atoms with E-state index in [0.29, 0.717) is 31.1 Å². The Bertz CT molecular complexity index is 1200. The number of urea groups is 1. The van der Waals surface area contributed by atoms with Crippen molar-refractivity contribution in [1.82, 2.24) is 24.6 Å². The number of nitrogens with zero attached hydrogens (tertiary/aromatic N) is 6. The number of carbonyl (C=O) groups is 1. The van der Waals surface area contributed by atoms with E-state index < -0.39 is 23.7 Å². The van der Waals surface area contributed by atoms with E-state index >= 15 is 0 Å². The molecule has 0 aliphatic carbocycles. The number of amides is 2. The number of carbonyl (C=O) groups excluding carboxylic acids is 1. The number of ether oxygens (including phenoxy) is 1. The highest BCUT2D eigenvalue weighted by Gasteiger charge is 2.37. The molecule has 1 atom stereocenters. The predicted molar refractivity (Wildman–Crippen MR) is 116 cm³/mol. The standard InChI is InChI=1S/C20H23F3N8O2/c1-11-10-30(19(32)28-16-5-4-14(33-3)17(27-16)20(21,22)23)6-7-31(11)13-8-15(24)26-18-12(13)9-25-29(18)2/h4-5,8-9,11H,6-7,10H2,1-3H3,(H2,24,26)(H,27,28,32)/t11-/m0/s1. The highest BCUT2D eigenvalue weighted by Crippen LogP contribution is 2.35. The third-order valence-electron chi connectivity index (χ3n) is 5.51. The van der Waals surface area contributed by atoms with Crippen LogP contribution in [0.1, 0.15) is 12.6 Å². The summed E-state index contributed by atoms with van der Waals surface area (Å²) < 4.78 is 46.0. The molecule has 0 spiro atoms. The monoisotopic (exact) mass is 464 g/mol. The van der Waals surface area contributed by atoms with Gasteiger partial charge in [0.15, 0.2) is 11.3 Å². The Morgan fingerprint density at radius 3 is 2.70 bits per heavy atom. The van der Waals surface area contributed by atoms with Gasteiger partial charge in [0, 0.05) is 38.8 Å². The molecule has 0 aromatic carbocycles. The topological polar surface area (TPSA) is 114 Å². The molecule has 3 N–H and O–H groups in total. The molecule has 1 fully saturated rings. The zero-order valence-corrected chi connectivity index (χ0v) is 18.2. The highest BCUT2D eigenvalue weighted by atomic mass is 19.4. The minimum atomic E-state index is -4.71. The summed E-state index contributed by atoms with van der Waals surface area (Å²) in [6, 6.07) is 3.54. The predicted octanol–water partition coefficient (Wildman–Crippen LogP) is 2.72. The highest BCUT2D eigenvalue weighted by molar-refractivity contribution is 5.92. The average Bonchev–Trinajstić information content (AvgIpc) is 3.13. The molecule has 13 heteroatoms. The molecule has 1 aliphatic rings. The number of aryl methyl sites for hydroxylation is 1. The number of rotatable bonds is 3. The number of piperazine rings is 1. The third-order valence-corrected chi connectivity index (χ3v) is 5.51. The van der Waals surface area contributed by atoms with Crippen LogP contribution in [-0.4, -0.2) is 63.5 Å². The Kier molecular flexibility index (Phi) is 5.64. The van der Waals surface area contributed by atoms with Crippen LogP contribution in [0.25, 0.3) is 11.0 Å². The van der Waals surface area contributed by atoms with E-state index in [1.165, 1.54) is 11.0 Å². The Labute approximate surface area is 187 Å².